The lowest BCUT2D eigenvalue weighted by molar-refractivity contribution is 0.0673. The number of nitrogens with one attached hydrogen (secondary N) is 2. The standard InChI is InChI=1S/C27H34N6O/c1-27(2)11-4-12-33(17-27)18-9-13-32(14-10-18)19-5-7-23-24(15-19)29-26(28-23)25-21-16-20(34-3)6-8-22(21)30-31-25/h5-8,15-16,18H,4,9-14,17H2,1-3H3,(H,28,29)(H,30,31). The number of imidazole rings is 1. The highest BCUT2D eigenvalue weighted by molar-refractivity contribution is 5.94. The molecule has 2 aliphatic heterocycles. The van der Waals surface area contributed by atoms with Gasteiger partial charge < -0.3 is 14.6 Å². The van der Waals surface area contributed by atoms with Gasteiger partial charge in [0.25, 0.3) is 0 Å². The second-order valence-electron chi connectivity index (χ2n) is 10.7. The summed E-state index contributed by atoms with van der Waals surface area (Å²) in [5.74, 6) is 1.59. The Kier molecular flexibility index (Phi) is 5.25. The molecule has 34 heavy (non-hydrogen) atoms. The van der Waals surface area contributed by atoms with Crippen molar-refractivity contribution in [2.45, 2.75) is 45.6 Å². The number of rotatable bonds is 4. The molecule has 6 rings (SSSR count). The normalized spacial score (nSPS) is 19.8. The Hall–Kier alpha value is -3.06. The number of H-pyrrole nitrogens is 2. The van der Waals surface area contributed by atoms with E-state index in [4.69, 9.17) is 9.72 Å². The highest BCUT2D eigenvalue weighted by Crippen LogP contribution is 2.33. The first kappa shape index (κ1) is 21.5. The van der Waals surface area contributed by atoms with E-state index in [1.807, 2.05) is 18.2 Å². The van der Waals surface area contributed by atoms with Gasteiger partial charge in [-0.2, -0.15) is 5.10 Å². The third kappa shape index (κ3) is 3.92. The average molecular weight is 459 g/mol. The minimum absolute atomic E-state index is 0.462. The van der Waals surface area contributed by atoms with Gasteiger partial charge >= 0.3 is 0 Å². The molecule has 0 aliphatic carbocycles. The number of fused-ring (bicyclic) bond motifs is 2. The summed E-state index contributed by atoms with van der Waals surface area (Å²) in [6.07, 6.45) is 5.17. The van der Waals surface area contributed by atoms with Crippen molar-refractivity contribution in [3.63, 3.8) is 0 Å². The van der Waals surface area contributed by atoms with E-state index in [-0.39, 0.29) is 0 Å². The van der Waals surface area contributed by atoms with Gasteiger partial charge in [0.15, 0.2) is 5.82 Å². The quantitative estimate of drug-likeness (QED) is 0.439. The van der Waals surface area contributed by atoms with Crippen molar-refractivity contribution in [1.29, 1.82) is 0 Å². The van der Waals surface area contributed by atoms with Crippen LogP contribution in [0, 0.1) is 5.41 Å². The summed E-state index contributed by atoms with van der Waals surface area (Å²) in [7, 11) is 1.68. The fraction of sp³-hybridized carbons (Fsp3) is 0.481. The van der Waals surface area contributed by atoms with Crippen molar-refractivity contribution in [1.82, 2.24) is 25.1 Å². The summed E-state index contributed by atoms with van der Waals surface area (Å²) in [5, 5.41) is 8.63. The Balaban J connectivity index is 1.20. The van der Waals surface area contributed by atoms with Crippen molar-refractivity contribution in [3.05, 3.63) is 36.4 Å². The fourth-order valence-electron chi connectivity index (χ4n) is 5.88. The number of piperidine rings is 2. The summed E-state index contributed by atoms with van der Waals surface area (Å²) in [5.41, 5.74) is 5.53. The second kappa shape index (κ2) is 8.31. The van der Waals surface area contributed by atoms with Crippen LogP contribution >= 0.6 is 0 Å². The van der Waals surface area contributed by atoms with Gasteiger partial charge in [-0.3, -0.25) is 10.00 Å². The van der Waals surface area contributed by atoms with Gasteiger partial charge in [-0.15, -0.1) is 0 Å². The maximum Gasteiger partial charge on any atom is 0.159 e. The van der Waals surface area contributed by atoms with Crippen molar-refractivity contribution in [2.75, 3.05) is 38.2 Å². The molecule has 4 heterocycles. The van der Waals surface area contributed by atoms with E-state index >= 15 is 0 Å². The van der Waals surface area contributed by atoms with Crippen molar-refractivity contribution in [2.24, 2.45) is 5.41 Å². The predicted octanol–water partition coefficient (Wildman–Crippen LogP) is 5.21. The van der Waals surface area contributed by atoms with Crippen LogP contribution in [0.15, 0.2) is 36.4 Å². The lowest BCUT2D eigenvalue weighted by atomic mass is 9.83. The number of ether oxygens (including phenoxy) is 1. The van der Waals surface area contributed by atoms with Gasteiger partial charge in [0.2, 0.25) is 0 Å². The number of anilines is 1. The van der Waals surface area contributed by atoms with Crippen LogP contribution in [0.1, 0.15) is 39.5 Å². The molecule has 0 spiro atoms. The van der Waals surface area contributed by atoms with Gasteiger partial charge in [-0.25, -0.2) is 4.98 Å². The third-order valence-corrected chi connectivity index (χ3v) is 7.74. The average Bonchev–Trinajstić information content (AvgIpc) is 3.46. The zero-order chi connectivity index (χ0) is 23.3. The Morgan fingerprint density at radius 1 is 1.03 bits per heavy atom. The molecule has 2 saturated heterocycles. The Labute approximate surface area is 200 Å². The molecule has 0 radical (unpaired) electrons. The molecule has 0 amide bonds. The summed E-state index contributed by atoms with van der Waals surface area (Å²) in [6, 6.07) is 13.2. The largest absolute Gasteiger partial charge is 0.497 e. The first-order valence-electron chi connectivity index (χ1n) is 12.5. The number of aromatic amines is 2. The first-order valence-corrected chi connectivity index (χ1v) is 12.5. The van der Waals surface area contributed by atoms with Crippen molar-refractivity contribution in [3.8, 4) is 17.3 Å². The van der Waals surface area contributed by atoms with Crippen LogP contribution in [0.3, 0.4) is 0 Å². The third-order valence-electron chi connectivity index (χ3n) is 7.74. The monoisotopic (exact) mass is 458 g/mol. The molecule has 7 heteroatoms. The number of nitrogens with zero attached hydrogens (tertiary/aromatic N) is 4. The summed E-state index contributed by atoms with van der Waals surface area (Å²) >= 11 is 0. The zero-order valence-electron chi connectivity index (χ0n) is 20.4. The summed E-state index contributed by atoms with van der Waals surface area (Å²) in [4.78, 5) is 13.6. The Morgan fingerprint density at radius 2 is 1.88 bits per heavy atom. The van der Waals surface area contributed by atoms with E-state index in [2.05, 4.69) is 57.0 Å². The Bertz CT molecular complexity index is 1310. The summed E-state index contributed by atoms with van der Waals surface area (Å²) in [6.45, 7) is 9.57. The van der Waals surface area contributed by atoms with Crippen LogP contribution in [0.5, 0.6) is 5.75 Å². The Morgan fingerprint density at radius 3 is 2.68 bits per heavy atom. The smallest absolute Gasteiger partial charge is 0.159 e. The number of methoxy groups -OCH3 is 1. The van der Waals surface area contributed by atoms with Crippen LogP contribution in [0.4, 0.5) is 5.69 Å². The topological polar surface area (TPSA) is 73.1 Å². The van der Waals surface area contributed by atoms with Gasteiger partial charge in [-0.1, -0.05) is 13.8 Å². The number of hydrogen-bond donors (Lipinski definition) is 2. The molecule has 0 unspecified atom stereocenters. The highest BCUT2D eigenvalue weighted by Gasteiger charge is 2.32. The molecule has 0 saturated carbocycles. The van der Waals surface area contributed by atoms with E-state index in [1.165, 1.54) is 44.5 Å². The van der Waals surface area contributed by atoms with Gasteiger partial charge in [0, 0.05) is 36.7 Å². The molecule has 2 N–H and O–H groups in total. The number of hydrogen-bond acceptors (Lipinski definition) is 5. The van der Waals surface area contributed by atoms with Crippen LogP contribution in [0.25, 0.3) is 33.5 Å². The maximum absolute atomic E-state index is 5.40. The van der Waals surface area contributed by atoms with Crippen molar-refractivity contribution >= 4 is 27.6 Å². The highest BCUT2D eigenvalue weighted by atomic mass is 16.5. The second-order valence-corrected chi connectivity index (χ2v) is 10.7. The van der Waals surface area contributed by atoms with Gasteiger partial charge in [-0.05, 0) is 74.0 Å². The molecule has 7 nitrogen and oxygen atoms in total. The molecule has 2 aromatic heterocycles. The SMILES string of the molecule is COc1ccc2[nH]nc(-c3nc4ccc(N5CCC(N6CCCC(C)(C)C6)CC5)cc4[nH]3)c2c1. The van der Waals surface area contributed by atoms with Gasteiger partial charge in [0.05, 0.1) is 23.7 Å². The first-order chi connectivity index (χ1) is 16.5. The number of likely N-dealkylation sites (tertiary alicyclic amines) is 1. The lowest BCUT2D eigenvalue weighted by Gasteiger charge is -2.45. The van der Waals surface area contributed by atoms with E-state index in [0.717, 1.165) is 58.3 Å². The lowest BCUT2D eigenvalue weighted by Crippen LogP contribution is -2.50. The van der Waals surface area contributed by atoms with Crippen LogP contribution in [-0.4, -0.2) is 64.4 Å². The van der Waals surface area contributed by atoms with Crippen LogP contribution in [0.2, 0.25) is 0 Å². The van der Waals surface area contributed by atoms with E-state index in [9.17, 15) is 0 Å². The van der Waals surface area contributed by atoms with Crippen LogP contribution in [-0.2, 0) is 0 Å². The molecule has 2 aliphatic rings. The van der Waals surface area contributed by atoms with Crippen molar-refractivity contribution < 1.29 is 4.74 Å². The van der Waals surface area contributed by atoms with Gasteiger partial charge in [0.1, 0.15) is 11.4 Å². The van der Waals surface area contributed by atoms with E-state index < -0.39 is 0 Å². The summed E-state index contributed by atoms with van der Waals surface area (Å²) < 4.78 is 5.40. The molecule has 4 aromatic rings. The van der Waals surface area contributed by atoms with E-state index in [0.29, 0.717) is 5.41 Å². The van der Waals surface area contributed by atoms with E-state index in [1.54, 1.807) is 7.11 Å². The molecule has 0 bridgehead atoms. The molecule has 0 atom stereocenters. The minimum Gasteiger partial charge on any atom is -0.497 e. The predicted molar refractivity (Wildman–Crippen MR) is 138 cm³/mol. The molecular weight excluding hydrogens is 424 g/mol. The number of benzene rings is 2. The molecule has 2 fully saturated rings. The molecular formula is C27H34N6O. The molecule has 178 valence electrons. The maximum atomic E-state index is 5.40. The fourth-order valence-corrected chi connectivity index (χ4v) is 5.88. The zero-order valence-corrected chi connectivity index (χ0v) is 20.4. The van der Waals surface area contributed by atoms with Crippen LogP contribution < -0.4 is 9.64 Å². The minimum atomic E-state index is 0.462. The number of aromatic nitrogens is 4. The molecule has 2 aromatic carbocycles.